The maximum atomic E-state index is 11.4. The monoisotopic (exact) mass is 296 g/mol. The summed E-state index contributed by atoms with van der Waals surface area (Å²) in [6, 6.07) is 19.5. The highest BCUT2D eigenvalue weighted by Crippen LogP contribution is 2.41. The van der Waals surface area contributed by atoms with Crippen LogP contribution in [0.5, 0.6) is 0 Å². The molecule has 1 N–H and O–H groups in total. The summed E-state index contributed by atoms with van der Waals surface area (Å²) in [4.78, 5) is 0. The van der Waals surface area contributed by atoms with Crippen molar-refractivity contribution >= 4 is 0 Å². The Morgan fingerprint density at radius 1 is 1.05 bits per heavy atom. The molecule has 22 heavy (non-hydrogen) atoms. The van der Waals surface area contributed by atoms with Crippen molar-refractivity contribution in [2.45, 2.75) is 38.1 Å². The lowest BCUT2D eigenvalue weighted by atomic mass is 9.81. The highest BCUT2D eigenvalue weighted by molar-refractivity contribution is 5.30. The molecular formula is C20H24O2. The lowest BCUT2D eigenvalue weighted by Crippen LogP contribution is -2.36. The molecule has 0 aromatic heterocycles. The van der Waals surface area contributed by atoms with Crippen LogP contribution in [0.15, 0.2) is 73.3 Å². The summed E-state index contributed by atoms with van der Waals surface area (Å²) in [5.41, 5.74) is 0.656. The van der Waals surface area contributed by atoms with Crippen molar-refractivity contribution in [2.75, 3.05) is 0 Å². The van der Waals surface area contributed by atoms with E-state index >= 15 is 0 Å². The van der Waals surface area contributed by atoms with E-state index in [1.807, 2.05) is 74.5 Å². The van der Waals surface area contributed by atoms with E-state index in [0.717, 1.165) is 11.1 Å². The summed E-state index contributed by atoms with van der Waals surface area (Å²) in [6.07, 6.45) is 1.72. The van der Waals surface area contributed by atoms with Gasteiger partial charge in [0.15, 0.2) is 0 Å². The summed E-state index contributed by atoms with van der Waals surface area (Å²) < 4.78 is 6.11. The molecule has 2 nitrogen and oxygen atoms in total. The summed E-state index contributed by atoms with van der Waals surface area (Å²) in [6.45, 7) is 7.77. The van der Waals surface area contributed by atoms with Gasteiger partial charge in [0.1, 0.15) is 11.7 Å². The van der Waals surface area contributed by atoms with Crippen molar-refractivity contribution in [1.82, 2.24) is 0 Å². The summed E-state index contributed by atoms with van der Waals surface area (Å²) in [7, 11) is 0. The predicted molar refractivity (Wildman–Crippen MR) is 90.6 cm³/mol. The lowest BCUT2D eigenvalue weighted by molar-refractivity contribution is -0.135. The van der Waals surface area contributed by atoms with Gasteiger partial charge in [0, 0.05) is 6.42 Å². The maximum absolute atomic E-state index is 11.4. The minimum absolute atomic E-state index is 0.00487. The van der Waals surface area contributed by atoms with E-state index in [-0.39, 0.29) is 6.10 Å². The first-order chi connectivity index (χ1) is 10.6. The predicted octanol–water partition coefficient (Wildman–Crippen LogP) is 4.62. The van der Waals surface area contributed by atoms with Crippen molar-refractivity contribution in [3.63, 3.8) is 0 Å². The van der Waals surface area contributed by atoms with E-state index in [2.05, 4.69) is 6.58 Å². The molecule has 0 aliphatic heterocycles. The molecule has 0 saturated carbocycles. The van der Waals surface area contributed by atoms with Gasteiger partial charge in [0.05, 0.1) is 6.10 Å². The SMILES string of the molecule is C=CC[C@@](O)(c1ccccc1)[C@@H](OC(C)C)c1ccccc1. The van der Waals surface area contributed by atoms with E-state index in [1.165, 1.54) is 0 Å². The molecule has 0 aliphatic carbocycles. The largest absolute Gasteiger partial charge is 0.382 e. The number of ether oxygens (including phenoxy) is 1. The first-order valence-electron chi connectivity index (χ1n) is 7.67. The Bertz CT molecular complexity index is 577. The van der Waals surface area contributed by atoms with Gasteiger partial charge in [0.2, 0.25) is 0 Å². The van der Waals surface area contributed by atoms with E-state index in [0.29, 0.717) is 6.42 Å². The Morgan fingerprint density at radius 2 is 1.59 bits per heavy atom. The van der Waals surface area contributed by atoms with Gasteiger partial charge in [-0.1, -0.05) is 66.7 Å². The molecule has 0 aliphatic rings. The Morgan fingerprint density at radius 3 is 2.09 bits per heavy atom. The van der Waals surface area contributed by atoms with Crippen LogP contribution >= 0.6 is 0 Å². The number of hydrogen-bond acceptors (Lipinski definition) is 2. The molecule has 0 amide bonds. The molecule has 0 bridgehead atoms. The average molecular weight is 296 g/mol. The Hall–Kier alpha value is -1.90. The maximum Gasteiger partial charge on any atom is 0.123 e. The number of benzene rings is 2. The van der Waals surface area contributed by atoms with Gasteiger partial charge in [-0.05, 0) is 25.0 Å². The van der Waals surface area contributed by atoms with E-state index < -0.39 is 11.7 Å². The van der Waals surface area contributed by atoms with Crippen LogP contribution in [0.2, 0.25) is 0 Å². The van der Waals surface area contributed by atoms with Gasteiger partial charge in [0.25, 0.3) is 0 Å². The molecular weight excluding hydrogens is 272 g/mol. The van der Waals surface area contributed by atoms with Crippen molar-refractivity contribution < 1.29 is 9.84 Å². The second kappa shape index (κ2) is 7.39. The van der Waals surface area contributed by atoms with Crippen molar-refractivity contribution in [3.05, 3.63) is 84.4 Å². The van der Waals surface area contributed by atoms with Crippen molar-refractivity contribution in [1.29, 1.82) is 0 Å². The summed E-state index contributed by atoms with van der Waals surface area (Å²) in [5, 5.41) is 11.4. The number of hydrogen-bond donors (Lipinski definition) is 1. The van der Waals surface area contributed by atoms with Gasteiger partial charge in [-0.3, -0.25) is 0 Å². The zero-order chi connectivity index (χ0) is 16.0. The topological polar surface area (TPSA) is 29.5 Å². The standard InChI is InChI=1S/C20H24O2/c1-4-15-20(21,18-13-9-6-10-14-18)19(22-16(2)3)17-11-7-5-8-12-17/h4-14,16,19,21H,1,15H2,2-3H3/t19-,20+/m0/s1. The van der Waals surface area contributed by atoms with Crippen LogP contribution in [-0.4, -0.2) is 11.2 Å². The summed E-state index contributed by atoms with van der Waals surface area (Å²) in [5.74, 6) is 0. The Kier molecular flexibility index (Phi) is 5.53. The second-order valence-corrected chi connectivity index (χ2v) is 5.76. The second-order valence-electron chi connectivity index (χ2n) is 5.76. The summed E-state index contributed by atoms with van der Waals surface area (Å²) >= 11 is 0. The fourth-order valence-corrected chi connectivity index (χ4v) is 2.69. The van der Waals surface area contributed by atoms with Gasteiger partial charge in [-0.25, -0.2) is 0 Å². The lowest BCUT2D eigenvalue weighted by Gasteiger charge is -2.37. The third-order valence-electron chi connectivity index (χ3n) is 3.67. The number of rotatable bonds is 7. The third-order valence-corrected chi connectivity index (χ3v) is 3.67. The molecule has 2 aromatic rings. The highest BCUT2D eigenvalue weighted by Gasteiger charge is 2.39. The van der Waals surface area contributed by atoms with Gasteiger partial charge in [-0.15, -0.1) is 6.58 Å². The van der Waals surface area contributed by atoms with Crippen molar-refractivity contribution in [3.8, 4) is 0 Å². The molecule has 2 heteroatoms. The van der Waals surface area contributed by atoms with E-state index in [4.69, 9.17) is 4.74 Å². The fraction of sp³-hybridized carbons (Fsp3) is 0.300. The molecule has 0 unspecified atom stereocenters. The van der Waals surface area contributed by atoms with Gasteiger partial charge in [-0.2, -0.15) is 0 Å². The molecule has 2 atom stereocenters. The Balaban J connectivity index is 2.51. The van der Waals surface area contributed by atoms with E-state index in [1.54, 1.807) is 6.08 Å². The first-order valence-corrected chi connectivity index (χ1v) is 7.67. The quantitative estimate of drug-likeness (QED) is 0.756. The zero-order valence-electron chi connectivity index (χ0n) is 13.3. The Labute approximate surface area is 133 Å². The van der Waals surface area contributed by atoms with Crippen LogP contribution in [0.1, 0.15) is 37.5 Å². The molecule has 0 radical (unpaired) electrons. The van der Waals surface area contributed by atoms with Crippen LogP contribution < -0.4 is 0 Å². The molecule has 0 spiro atoms. The van der Waals surface area contributed by atoms with Crippen LogP contribution in [0.4, 0.5) is 0 Å². The smallest absolute Gasteiger partial charge is 0.123 e. The minimum Gasteiger partial charge on any atom is -0.382 e. The van der Waals surface area contributed by atoms with E-state index in [9.17, 15) is 5.11 Å². The molecule has 0 heterocycles. The number of aliphatic hydroxyl groups is 1. The first kappa shape index (κ1) is 16.5. The fourth-order valence-electron chi connectivity index (χ4n) is 2.69. The van der Waals surface area contributed by atoms with Crippen LogP contribution in [-0.2, 0) is 10.3 Å². The van der Waals surface area contributed by atoms with Gasteiger partial charge < -0.3 is 9.84 Å². The normalized spacial score (nSPS) is 15.3. The highest BCUT2D eigenvalue weighted by atomic mass is 16.5. The minimum atomic E-state index is -1.14. The van der Waals surface area contributed by atoms with Crippen molar-refractivity contribution in [2.24, 2.45) is 0 Å². The van der Waals surface area contributed by atoms with Crippen LogP contribution in [0, 0.1) is 0 Å². The zero-order valence-corrected chi connectivity index (χ0v) is 13.3. The molecule has 0 fully saturated rings. The molecule has 0 saturated heterocycles. The molecule has 2 rings (SSSR count). The third kappa shape index (κ3) is 3.65. The average Bonchev–Trinajstić information content (AvgIpc) is 2.54. The molecule has 2 aromatic carbocycles. The van der Waals surface area contributed by atoms with Crippen LogP contribution in [0.3, 0.4) is 0 Å². The molecule has 116 valence electrons. The van der Waals surface area contributed by atoms with Gasteiger partial charge >= 0.3 is 0 Å². The van der Waals surface area contributed by atoms with Crippen LogP contribution in [0.25, 0.3) is 0 Å².